The molecule has 11 heteroatoms. The van der Waals surface area contributed by atoms with Crippen LogP contribution in [0.15, 0.2) is 74.7 Å². The van der Waals surface area contributed by atoms with E-state index in [9.17, 15) is 14.7 Å². The summed E-state index contributed by atoms with van der Waals surface area (Å²) in [5, 5.41) is 20.6. The Morgan fingerprint density at radius 3 is 2.50 bits per heavy atom. The average molecular weight is 600 g/mol. The number of nitrogens with zero attached hydrogens (tertiary/aromatic N) is 4. The number of hydrogen-bond donors (Lipinski definition) is 1. The standard InChI is InChI=1S/C25H19BrN4O3S3/c1-13-22(35-14(2)27-13)20(31)18-19(16-10-6-7-11-17(16)26)30(23(33)21(18)32)24-28-29-25(36-24)34-12-15-8-4-3-5-9-15/h3-11,19,32H,12H2,1-2H3. The highest BCUT2D eigenvalue weighted by Gasteiger charge is 2.47. The lowest BCUT2D eigenvalue weighted by Gasteiger charge is -2.24. The fourth-order valence-corrected chi connectivity index (χ4v) is 7.17. The van der Waals surface area contributed by atoms with Gasteiger partial charge in [-0.25, -0.2) is 4.98 Å². The molecule has 1 aliphatic heterocycles. The number of benzene rings is 2. The van der Waals surface area contributed by atoms with E-state index in [1.807, 2.05) is 61.5 Å². The molecule has 0 saturated heterocycles. The van der Waals surface area contributed by atoms with Gasteiger partial charge in [-0.15, -0.1) is 21.5 Å². The first kappa shape index (κ1) is 24.8. The molecule has 0 radical (unpaired) electrons. The molecule has 3 heterocycles. The molecule has 1 amide bonds. The number of thioether (sulfide) groups is 1. The Morgan fingerprint density at radius 1 is 1.08 bits per heavy atom. The molecule has 4 aromatic rings. The van der Waals surface area contributed by atoms with E-state index >= 15 is 0 Å². The molecule has 7 nitrogen and oxygen atoms in total. The van der Waals surface area contributed by atoms with E-state index in [1.165, 1.54) is 39.3 Å². The van der Waals surface area contributed by atoms with Crippen LogP contribution >= 0.6 is 50.4 Å². The number of halogens is 1. The molecule has 36 heavy (non-hydrogen) atoms. The summed E-state index contributed by atoms with van der Waals surface area (Å²) in [6, 6.07) is 16.4. The minimum atomic E-state index is -0.873. The number of aliphatic hydroxyl groups excluding tert-OH is 1. The Balaban J connectivity index is 1.53. The number of thiazole rings is 1. The molecule has 0 saturated carbocycles. The number of amides is 1. The number of aliphatic hydroxyl groups is 1. The molecular weight excluding hydrogens is 580 g/mol. The maximum atomic E-state index is 13.7. The van der Waals surface area contributed by atoms with Crippen molar-refractivity contribution in [2.24, 2.45) is 0 Å². The first-order valence-corrected chi connectivity index (χ1v) is 14.3. The molecule has 1 aliphatic rings. The second-order valence-corrected chi connectivity index (χ2v) is 12.2. The van der Waals surface area contributed by atoms with Crippen molar-refractivity contribution in [2.45, 2.75) is 30.0 Å². The van der Waals surface area contributed by atoms with Gasteiger partial charge in [-0.1, -0.05) is 87.6 Å². The highest BCUT2D eigenvalue weighted by atomic mass is 79.9. The second kappa shape index (κ2) is 10.3. The summed E-state index contributed by atoms with van der Waals surface area (Å²) >= 11 is 7.56. The number of rotatable bonds is 7. The molecular formula is C25H19BrN4O3S3. The third-order valence-electron chi connectivity index (χ3n) is 5.57. The predicted octanol–water partition coefficient (Wildman–Crippen LogP) is 6.45. The monoisotopic (exact) mass is 598 g/mol. The lowest BCUT2D eigenvalue weighted by Crippen LogP contribution is -2.31. The van der Waals surface area contributed by atoms with Gasteiger partial charge in [0.15, 0.2) is 10.1 Å². The van der Waals surface area contributed by atoms with Crippen LogP contribution in [0.25, 0.3) is 0 Å². The van der Waals surface area contributed by atoms with Crippen molar-refractivity contribution in [1.82, 2.24) is 15.2 Å². The third kappa shape index (κ3) is 4.63. The fraction of sp³-hybridized carbons (Fsp3) is 0.160. The van der Waals surface area contributed by atoms with Gasteiger partial charge in [0.25, 0.3) is 5.91 Å². The molecule has 1 N–H and O–H groups in total. The number of carbonyl (C=O) groups is 2. The molecule has 0 bridgehead atoms. The zero-order valence-electron chi connectivity index (χ0n) is 19.1. The summed E-state index contributed by atoms with van der Waals surface area (Å²) in [6.45, 7) is 3.56. The first-order valence-electron chi connectivity index (χ1n) is 10.8. The Labute approximate surface area is 228 Å². The van der Waals surface area contributed by atoms with Gasteiger partial charge in [0.05, 0.1) is 27.2 Å². The van der Waals surface area contributed by atoms with E-state index in [4.69, 9.17) is 0 Å². The molecule has 5 rings (SSSR count). The van der Waals surface area contributed by atoms with Crippen LogP contribution in [0.3, 0.4) is 0 Å². The van der Waals surface area contributed by atoms with Crippen molar-refractivity contribution in [1.29, 1.82) is 0 Å². The van der Waals surface area contributed by atoms with Crippen LogP contribution in [0.1, 0.15) is 37.5 Å². The normalized spacial score (nSPS) is 15.7. The zero-order valence-corrected chi connectivity index (χ0v) is 23.2. The maximum Gasteiger partial charge on any atom is 0.296 e. The van der Waals surface area contributed by atoms with Gasteiger partial charge >= 0.3 is 0 Å². The topological polar surface area (TPSA) is 96.3 Å². The number of aromatic nitrogens is 3. The van der Waals surface area contributed by atoms with Gasteiger partial charge in [0.1, 0.15) is 0 Å². The molecule has 0 aliphatic carbocycles. The maximum absolute atomic E-state index is 13.7. The van der Waals surface area contributed by atoms with Crippen LogP contribution in [0, 0.1) is 13.8 Å². The van der Waals surface area contributed by atoms with Crippen molar-refractivity contribution >= 4 is 67.2 Å². The van der Waals surface area contributed by atoms with Crippen molar-refractivity contribution in [3.05, 3.63) is 97.1 Å². The third-order valence-corrected chi connectivity index (χ3v) is 9.49. The van der Waals surface area contributed by atoms with Crippen LogP contribution in [0.5, 0.6) is 0 Å². The zero-order chi connectivity index (χ0) is 25.4. The number of aryl methyl sites for hydroxylation is 2. The lowest BCUT2D eigenvalue weighted by molar-refractivity contribution is -0.117. The van der Waals surface area contributed by atoms with E-state index in [1.54, 1.807) is 6.92 Å². The summed E-state index contributed by atoms with van der Waals surface area (Å²) in [6.07, 6.45) is 0. The minimum Gasteiger partial charge on any atom is -0.503 e. The Morgan fingerprint density at radius 2 is 1.81 bits per heavy atom. The van der Waals surface area contributed by atoms with Gasteiger partial charge in [0, 0.05) is 10.2 Å². The summed E-state index contributed by atoms with van der Waals surface area (Å²) < 4.78 is 1.38. The molecule has 0 fully saturated rings. The van der Waals surface area contributed by atoms with E-state index < -0.39 is 23.5 Å². The van der Waals surface area contributed by atoms with Gasteiger partial charge in [-0.3, -0.25) is 14.5 Å². The summed E-state index contributed by atoms with van der Waals surface area (Å²) in [7, 11) is 0. The van der Waals surface area contributed by atoms with Gasteiger partial charge in [0.2, 0.25) is 10.9 Å². The smallest absolute Gasteiger partial charge is 0.296 e. The number of hydrogen-bond acceptors (Lipinski definition) is 9. The van der Waals surface area contributed by atoms with Crippen LogP contribution in [-0.4, -0.2) is 32.0 Å². The molecule has 0 spiro atoms. The van der Waals surface area contributed by atoms with Crippen molar-refractivity contribution < 1.29 is 14.7 Å². The lowest BCUT2D eigenvalue weighted by atomic mass is 9.95. The Hall–Kier alpha value is -2.86. The Kier molecular flexibility index (Phi) is 7.07. The molecule has 1 unspecified atom stereocenters. The number of carbonyl (C=O) groups excluding carboxylic acids is 2. The van der Waals surface area contributed by atoms with Crippen molar-refractivity contribution in [3.8, 4) is 0 Å². The van der Waals surface area contributed by atoms with E-state index in [2.05, 4.69) is 31.1 Å². The molecule has 182 valence electrons. The van der Waals surface area contributed by atoms with Crippen molar-refractivity contribution in [2.75, 3.05) is 4.90 Å². The fourth-order valence-electron chi connectivity index (χ4n) is 3.97. The van der Waals surface area contributed by atoms with Crippen LogP contribution in [0.4, 0.5) is 5.13 Å². The van der Waals surface area contributed by atoms with Gasteiger partial charge in [-0.2, -0.15) is 0 Å². The SMILES string of the molecule is Cc1nc(C)c(C(=O)C2=C(O)C(=O)N(c3nnc(SCc4ccccc4)s3)C2c2ccccc2Br)s1. The van der Waals surface area contributed by atoms with Crippen LogP contribution < -0.4 is 4.90 Å². The molecule has 2 aromatic carbocycles. The highest BCUT2D eigenvalue weighted by molar-refractivity contribution is 9.10. The van der Waals surface area contributed by atoms with Gasteiger partial charge in [-0.05, 0) is 31.0 Å². The highest BCUT2D eigenvalue weighted by Crippen LogP contribution is 2.46. The number of ketones is 1. The van der Waals surface area contributed by atoms with Crippen LogP contribution in [0.2, 0.25) is 0 Å². The number of anilines is 1. The first-order chi connectivity index (χ1) is 17.3. The average Bonchev–Trinajstić information content (AvgIpc) is 3.54. The largest absolute Gasteiger partial charge is 0.503 e. The van der Waals surface area contributed by atoms with Gasteiger partial charge < -0.3 is 5.11 Å². The Bertz CT molecular complexity index is 1500. The molecule has 1 atom stereocenters. The second-order valence-electron chi connectivity index (χ2n) is 7.96. The van der Waals surface area contributed by atoms with E-state index in [0.29, 0.717) is 35.8 Å². The van der Waals surface area contributed by atoms with E-state index in [0.717, 1.165) is 10.6 Å². The predicted molar refractivity (Wildman–Crippen MR) is 146 cm³/mol. The molecule has 2 aromatic heterocycles. The summed E-state index contributed by atoms with van der Waals surface area (Å²) in [5.41, 5.74) is 2.37. The quantitative estimate of drug-likeness (QED) is 0.148. The van der Waals surface area contributed by atoms with Crippen molar-refractivity contribution in [3.63, 3.8) is 0 Å². The summed E-state index contributed by atoms with van der Waals surface area (Å²) in [5.74, 6) is -0.988. The van der Waals surface area contributed by atoms with E-state index in [-0.39, 0.29) is 5.57 Å². The number of Topliss-reactive ketones (excluding diaryl/α,β-unsaturated/α-hetero) is 1. The summed E-state index contributed by atoms with van der Waals surface area (Å²) in [4.78, 5) is 33.2. The minimum absolute atomic E-state index is 0.00680. The van der Waals surface area contributed by atoms with Crippen LogP contribution in [-0.2, 0) is 10.5 Å².